The first-order valence-corrected chi connectivity index (χ1v) is 6.01. The molecule has 0 aliphatic rings. The van der Waals surface area contributed by atoms with Gasteiger partial charge in [0.1, 0.15) is 5.82 Å². The van der Waals surface area contributed by atoms with Gasteiger partial charge in [-0.2, -0.15) is 8.78 Å². The van der Waals surface area contributed by atoms with E-state index in [0.29, 0.717) is 25.7 Å². The average molecular weight is 403 g/mol. The van der Waals surface area contributed by atoms with E-state index in [-0.39, 0.29) is 36.3 Å². The molecular weight excluding hydrogens is 383 g/mol. The maximum atomic E-state index is 12.6. The number of halogens is 3. The number of nitrogens with zero attached hydrogens (tertiary/aromatic N) is 3. The molecule has 0 saturated heterocycles. The number of guanidine groups is 1. The number of aromatic nitrogens is 2. The molecule has 20 heavy (non-hydrogen) atoms. The van der Waals surface area contributed by atoms with E-state index in [2.05, 4.69) is 20.6 Å². The molecule has 2 N–H and O–H groups in total. The molecule has 0 fully saturated rings. The van der Waals surface area contributed by atoms with E-state index in [9.17, 15) is 8.78 Å². The Balaban J connectivity index is 0.00000361. The molecule has 6 nitrogen and oxygen atoms in total. The predicted molar refractivity (Wildman–Crippen MR) is 83.6 cm³/mol. The second-order valence-electron chi connectivity index (χ2n) is 3.58. The summed E-state index contributed by atoms with van der Waals surface area (Å²) < 4.78 is 31.1. The van der Waals surface area contributed by atoms with Crippen molar-refractivity contribution in [2.45, 2.75) is 20.0 Å². The van der Waals surface area contributed by atoms with E-state index in [1.165, 1.54) is 12.4 Å². The van der Waals surface area contributed by atoms with Gasteiger partial charge in [0, 0.05) is 32.6 Å². The molecule has 0 saturated carbocycles. The maximum absolute atomic E-state index is 12.6. The van der Waals surface area contributed by atoms with Crippen molar-refractivity contribution in [3.05, 3.63) is 18.2 Å². The number of hydrogen-bond acceptors (Lipinski definition) is 3. The minimum absolute atomic E-state index is 0. The molecule has 0 aliphatic heterocycles. The van der Waals surface area contributed by atoms with Crippen LogP contribution in [0, 0.1) is 0 Å². The minimum Gasteiger partial charge on any atom is -0.380 e. The lowest BCUT2D eigenvalue weighted by molar-refractivity contribution is 0.0668. The van der Waals surface area contributed by atoms with Gasteiger partial charge < -0.3 is 15.4 Å². The zero-order valence-corrected chi connectivity index (χ0v) is 13.8. The third kappa shape index (κ3) is 6.46. The molecule has 0 radical (unpaired) electrons. The zero-order valence-electron chi connectivity index (χ0n) is 11.5. The highest BCUT2D eigenvalue weighted by Crippen LogP contribution is 2.11. The molecule has 1 heterocycles. The van der Waals surface area contributed by atoms with Crippen LogP contribution < -0.4 is 10.6 Å². The lowest BCUT2D eigenvalue weighted by Gasteiger charge is -2.12. The monoisotopic (exact) mass is 403 g/mol. The second kappa shape index (κ2) is 10.8. The van der Waals surface area contributed by atoms with Crippen molar-refractivity contribution in [3.63, 3.8) is 0 Å². The van der Waals surface area contributed by atoms with Crippen LogP contribution in [0.4, 0.5) is 8.78 Å². The fraction of sp³-hybridized carbons (Fsp3) is 0.636. The summed E-state index contributed by atoms with van der Waals surface area (Å²) in [5.41, 5.74) is 0. The predicted octanol–water partition coefficient (Wildman–Crippen LogP) is 1.60. The van der Waals surface area contributed by atoms with Crippen LogP contribution in [0.15, 0.2) is 17.4 Å². The van der Waals surface area contributed by atoms with Gasteiger partial charge in [0.15, 0.2) is 5.96 Å². The molecule has 0 aromatic carbocycles. The van der Waals surface area contributed by atoms with Gasteiger partial charge in [0.05, 0.1) is 13.2 Å². The van der Waals surface area contributed by atoms with E-state index in [1.807, 2.05) is 6.92 Å². The molecule has 1 aromatic heterocycles. The van der Waals surface area contributed by atoms with Crippen LogP contribution in [0.2, 0.25) is 0 Å². The standard InChI is InChI=1S/C11H19F2N5O.HI/c1-3-19-7-5-16-11(14-2)17-8-9-15-4-6-18(9)10(12)13;/h4,6,10H,3,5,7-8H2,1-2H3,(H2,14,16,17);1H. The lowest BCUT2D eigenvalue weighted by Crippen LogP contribution is -2.39. The topological polar surface area (TPSA) is 63.5 Å². The quantitative estimate of drug-likeness (QED) is 0.314. The fourth-order valence-corrected chi connectivity index (χ4v) is 1.43. The number of imidazole rings is 1. The number of alkyl halides is 2. The van der Waals surface area contributed by atoms with E-state index < -0.39 is 6.55 Å². The largest absolute Gasteiger partial charge is 0.380 e. The Morgan fingerprint density at radius 2 is 2.25 bits per heavy atom. The summed E-state index contributed by atoms with van der Waals surface area (Å²) in [6.07, 6.45) is 2.58. The molecule has 0 bridgehead atoms. The van der Waals surface area contributed by atoms with E-state index in [4.69, 9.17) is 4.74 Å². The SMILES string of the molecule is CCOCCNC(=NC)NCc1nccn1C(F)F.I. The molecule has 9 heteroatoms. The van der Waals surface area contributed by atoms with Gasteiger partial charge in [0.2, 0.25) is 0 Å². The summed E-state index contributed by atoms with van der Waals surface area (Å²) in [6.45, 7) is 1.30. The summed E-state index contributed by atoms with van der Waals surface area (Å²) >= 11 is 0. The van der Waals surface area contributed by atoms with Crippen LogP contribution in [0.3, 0.4) is 0 Å². The van der Waals surface area contributed by atoms with Gasteiger partial charge >= 0.3 is 6.55 Å². The fourth-order valence-electron chi connectivity index (χ4n) is 1.43. The number of aliphatic imine (C=N–C) groups is 1. The third-order valence-electron chi connectivity index (χ3n) is 2.34. The van der Waals surface area contributed by atoms with Crippen molar-refractivity contribution in [1.82, 2.24) is 20.2 Å². The number of rotatable bonds is 7. The van der Waals surface area contributed by atoms with Crippen molar-refractivity contribution in [3.8, 4) is 0 Å². The molecule has 116 valence electrons. The first kappa shape index (κ1) is 19.0. The van der Waals surface area contributed by atoms with Crippen molar-refractivity contribution in [2.75, 3.05) is 26.8 Å². The first-order valence-electron chi connectivity index (χ1n) is 6.01. The summed E-state index contributed by atoms with van der Waals surface area (Å²) in [5.74, 6) is 0.770. The molecule has 0 spiro atoms. The first-order chi connectivity index (χ1) is 9.19. The Morgan fingerprint density at radius 1 is 1.50 bits per heavy atom. The van der Waals surface area contributed by atoms with Crippen molar-refractivity contribution in [2.24, 2.45) is 4.99 Å². The van der Waals surface area contributed by atoms with Crippen LogP contribution in [0.25, 0.3) is 0 Å². The Labute approximate surface area is 134 Å². The van der Waals surface area contributed by atoms with Crippen molar-refractivity contribution in [1.29, 1.82) is 0 Å². The van der Waals surface area contributed by atoms with Crippen LogP contribution in [0.5, 0.6) is 0 Å². The molecule has 1 aromatic rings. The Morgan fingerprint density at radius 3 is 2.85 bits per heavy atom. The summed E-state index contributed by atoms with van der Waals surface area (Å²) in [6, 6.07) is 0. The van der Waals surface area contributed by atoms with Crippen LogP contribution in [-0.2, 0) is 11.3 Å². The van der Waals surface area contributed by atoms with E-state index in [0.717, 1.165) is 4.57 Å². The van der Waals surface area contributed by atoms with Crippen molar-refractivity contribution < 1.29 is 13.5 Å². The Kier molecular flexibility index (Phi) is 10.3. The Bertz CT molecular complexity index is 400. The lowest BCUT2D eigenvalue weighted by atomic mass is 10.5. The number of hydrogen-bond donors (Lipinski definition) is 2. The zero-order chi connectivity index (χ0) is 14.1. The van der Waals surface area contributed by atoms with Crippen molar-refractivity contribution >= 4 is 29.9 Å². The van der Waals surface area contributed by atoms with E-state index in [1.54, 1.807) is 7.05 Å². The summed E-state index contributed by atoms with van der Waals surface area (Å²) in [5, 5.41) is 5.92. The van der Waals surface area contributed by atoms with Gasteiger partial charge in [-0.1, -0.05) is 0 Å². The van der Waals surface area contributed by atoms with Gasteiger partial charge in [0.25, 0.3) is 0 Å². The normalized spacial score (nSPS) is 11.3. The number of ether oxygens (including phenoxy) is 1. The van der Waals surface area contributed by atoms with Crippen LogP contribution >= 0.6 is 24.0 Å². The van der Waals surface area contributed by atoms with Gasteiger partial charge in [-0.3, -0.25) is 9.56 Å². The molecule has 0 aliphatic carbocycles. The second-order valence-corrected chi connectivity index (χ2v) is 3.58. The average Bonchev–Trinajstić information content (AvgIpc) is 2.86. The Hall–Kier alpha value is -0.970. The highest BCUT2D eigenvalue weighted by atomic mass is 127. The van der Waals surface area contributed by atoms with Crippen LogP contribution in [0.1, 0.15) is 19.3 Å². The third-order valence-corrected chi connectivity index (χ3v) is 2.34. The molecule has 1 rings (SSSR count). The smallest absolute Gasteiger partial charge is 0.319 e. The van der Waals surface area contributed by atoms with Gasteiger partial charge in [-0.05, 0) is 6.92 Å². The number of nitrogens with one attached hydrogen (secondary N) is 2. The highest BCUT2D eigenvalue weighted by molar-refractivity contribution is 14.0. The molecular formula is C11H20F2IN5O. The molecule has 0 unspecified atom stereocenters. The highest BCUT2D eigenvalue weighted by Gasteiger charge is 2.11. The van der Waals surface area contributed by atoms with E-state index >= 15 is 0 Å². The molecule has 0 atom stereocenters. The van der Waals surface area contributed by atoms with Gasteiger partial charge in [-0.25, -0.2) is 4.98 Å². The van der Waals surface area contributed by atoms with Crippen LogP contribution in [-0.4, -0.2) is 42.3 Å². The summed E-state index contributed by atoms with van der Waals surface area (Å²) in [4.78, 5) is 7.84. The molecule has 0 amide bonds. The van der Waals surface area contributed by atoms with Gasteiger partial charge in [-0.15, -0.1) is 24.0 Å². The summed E-state index contributed by atoms with van der Waals surface area (Å²) in [7, 11) is 1.61. The maximum Gasteiger partial charge on any atom is 0.319 e. The minimum atomic E-state index is -2.59.